The fourth-order valence-electron chi connectivity index (χ4n) is 1.96. The molecule has 1 amide bonds. The van der Waals surface area contributed by atoms with E-state index in [0.717, 1.165) is 12.8 Å². The van der Waals surface area contributed by atoms with E-state index in [0.29, 0.717) is 19.7 Å². The molecular weight excluding hydrogens is 262 g/mol. The van der Waals surface area contributed by atoms with Crippen LogP contribution in [0.4, 0.5) is 4.79 Å². The van der Waals surface area contributed by atoms with Gasteiger partial charge in [0.2, 0.25) is 0 Å². The van der Waals surface area contributed by atoms with Gasteiger partial charge in [0.05, 0.1) is 19.3 Å². The van der Waals surface area contributed by atoms with Crippen LogP contribution >= 0.6 is 0 Å². The average molecular weight is 287 g/mol. The van der Waals surface area contributed by atoms with E-state index in [9.17, 15) is 9.59 Å². The second-order valence-electron chi connectivity index (χ2n) is 5.81. The van der Waals surface area contributed by atoms with E-state index in [1.807, 2.05) is 20.8 Å². The van der Waals surface area contributed by atoms with Gasteiger partial charge in [0, 0.05) is 6.54 Å². The highest BCUT2D eigenvalue weighted by molar-refractivity contribution is 5.70. The summed E-state index contributed by atoms with van der Waals surface area (Å²) < 4.78 is 15.6. The molecule has 6 heteroatoms. The lowest BCUT2D eigenvalue weighted by Crippen LogP contribution is -2.45. The number of esters is 1. The molecule has 1 fully saturated rings. The van der Waals surface area contributed by atoms with Crippen LogP contribution in [0.15, 0.2) is 0 Å². The van der Waals surface area contributed by atoms with Gasteiger partial charge in [0.15, 0.2) is 0 Å². The van der Waals surface area contributed by atoms with Gasteiger partial charge in [0.1, 0.15) is 12.2 Å². The van der Waals surface area contributed by atoms with E-state index in [4.69, 9.17) is 14.2 Å². The van der Waals surface area contributed by atoms with Crippen molar-refractivity contribution in [1.82, 2.24) is 4.90 Å². The van der Waals surface area contributed by atoms with E-state index in [1.165, 1.54) is 0 Å². The van der Waals surface area contributed by atoms with Crippen LogP contribution in [0.1, 0.15) is 40.5 Å². The van der Waals surface area contributed by atoms with Crippen molar-refractivity contribution >= 4 is 12.1 Å². The van der Waals surface area contributed by atoms with Gasteiger partial charge in [-0.2, -0.15) is 0 Å². The maximum atomic E-state index is 12.0. The smallest absolute Gasteiger partial charge is 0.410 e. The van der Waals surface area contributed by atoms with E-state index in [-0.39, 0.29) is 24.8 Å². The van der Waals surface area contributed by atoms with Gasteiger partial charge in [-0.05, 0) is 40.5 Å². The standard InChI is InChI=1S/C14H25NO5/c1-5-18-12(16)10-19-11-7-6-8-15(9-11)13(17)20-14(2,3)4/h11H,5-10H2,1-4H3/t11-/m0/s1. The number of rotatable bonds is 4. The van der Waals surface area contributed by atoms with Crippen LogP contribution in [-0.2, 0) is 19.0 Å². The maximum absolute atomic E-state index is 12.0. The molecular formula is C14H25NO5. The molecule has 116 valence electrons. The Hall–Kier alpha value is -1.30. The second kappa shape index (κ2) is 7.47. The van der Waals surface area contributed by atoms with Crippen molar-refractivity contribution in [3.8, 4) is 0 Å². The number of piperidine rings is 1. The highest BCUT2D eigenvalue weighted by atomic mass is 16.6. The van der Waals surface area contributed by atoms with Crippen molar-refractivity contribution in [2.75, 3.05) is 26.3 Å². The molecule has 0 aromatic heterocycles. The predicted octanol–water partition coefficient (Wildman–Crippen LogP) is 1.97. The molecule has 6 nitrogen and oxygen atoms in total. The third-order valence-electron chi connectivity index (χ3n) is 2.77. The van der Waals surface area contributed by atoms with E-state index in [2.05, 4.69) is 0 Å². The monoisotopic (exact) mass is 287 g/mol. The van der Waals surface area contributed by atoms with Crippen LogP contribution in [0.2, 0.25) is 0 Å². The number of amides is 1. The molecule has 1 rings (SSSR count). The zero-order chi connectivity index (χ0) is 15.2. The molecule has 0 bridgehead atoms. The zero-order valence-corrected chi connectivity index (χ0v) is 12.8. The molecule has 1 heterocycles. The first-order chi connectivity index (χ1) is 9.31. The minimum Gasteiger partial charge on any atom is -0.464 e. The van der Waals surface area contributed by atoms with Gasteiger partial charge in [-0.15, -0.1) is 0 Å². The van der Waals surface area contributed by atoms with Crippen LogP contribution in [-0.4, -0.2) is 55.0 Å². The topological polar surface area (TPSA) is 65.1 Å². The van der Waals surface area contributed by atoms with Crippen molar-refractivity contribution in [1.29, 1.82) is 0 Å². The van der Waals surface area contributed by atoms with Crippen LogP contribution in [0.25, 0.3) is 0 Å². The molecule has 0 radical (unpaired) electrons. The summed E-state index contributed by atoms with van der Waals surface area (Å²) >= 11 is 0. The maximum Gasteiger partial charge on any atom is 0.410 e. The zero-order valence-electron chi connectivity index (χ0n) is 12.8. The summed E-state index contributed by atoms with van der Waals surface area (Å²) in [6.45, 7) is 8.65. The second-order valence-corrected chi connectivity index (χ2v) is 5.81. The van der Waals surface area contributed by atoms with Crippen molar-refractivity contribution < 1.29 is 23.8 Å². The van der Waals surface area contributed by atoms with Crippen molar-refractivity contribution in [2.45, 2.75) is 52.2 Å². The molecule has 0 aromatic rings. The van der Waals surface area contributed by atoms with Crippen LogP contribution in [0, 0.1) is 0 Å². The minimum absolute atomic E-state index is 0.0688. The third-order valence-corrected chi connectivity index (χ3v) is 2.77. The number of hydrogen-bond acceptors (Lipinski definition) is 5. The Kier molecular flexibility index (Phi) is 6.26. The molecule has 1 aliphatic heterocycles. The third kappa shape index (κ3) is 6.23. The van der Waals surface area contributed by atoms with Crippen molar-refractivity contribution in [2.24, 2.45) is 0 Å². The van der Waals surface area contributed by atoms with Gasteiger partial charge < -0.3 is 19.1 Å². The van der Waals surface area contributed by atoms with Gasteiger partial charge in [0.25, 0.3) is 0 Å². The molecule has 0 unspecified atom stereocenters. The summed E-state index contributed by atoms with van der Waals surface area (Å²) in [5, 5.41) is 0. The molecule has 1 atom stereocenters. The first kappa shape index (κ1) is 16.8. The molecule has 0 aromatic carbocycles. The lowest BCUT2D eigenvalue weighted by molar-refractivity contribution is -0.151. The first-order valence-electron chi connectivity index (χ1n) is 7.07. The van der Waals surface area contributed by atoms with Crippen LogP contribution in [0.5, 0.6) is 0 Å². The number of nitrogens with zero attached hydrogens (tertiary/aromatic N) is 1. The van der Waals surface area contributed by atoms with Gasteiger partial charge in [-0.25, -0.2) is 9.59 Å². The summed E-state index contributed by atoms with van der Waals surface area (Å²) in [5.74, 6) is -0.373. The van der Waals surface area contributed by atoms with Gasteiger partial charge in [-0.3, -0.25) is 0 Å². The Labute approximate surface area is 120 Å². The molecule has 0 spiro atoms. The largest absolute Gasteiger partial charge is 0.464 e. The van der Waals surface area contributed by atoms with Crippen LogP contribution < -0.4 is 0 Å². The summed E-state index contributed by atoms with van der Waals surface area (Å²) in [6.07, 6.45) is 1.20. The molecule has 1 aliphatic rings. The molecule has 0 saturated carbocycles. The fourth-order valence-corrected chi connectivity index (χ4v) is 1.96. The van der Waals surface area contributed by atoms with Gasteiger partial charge in [-0.1, -0.05) is 0 Å². The fraction of sp³-hybridized carbons (Fsp3) is 0.857. The normalized spacial score (nSPS) is 19.6. The van der Waals surface area contributed by atoms with Crippen molar-refractivity contribution in [3.63, 3.8) is 0 Å². The molecule has 0 aliphatic carbocycles. The number of hydrogen-bond donors (Lipinski definition) is 0. The Morgan fingerprint density at radius 2 is 2.00 bits per heavy atom. The van der Waals surface area contributed by atoms with E-state index in [1.54, 1.807) is 11.8 Å². The lowest BCUT2D eigenvalue weighted by atomic mass is 10.1. The summed E-state index contributed by atoms with van der Waals surface area (Å²) in [4.78, 5) is 24.8. The summed E-state index contributed by atoms with van der Waals surface area (Å²) in [6, 6.07) is 0. The summed E-state index contributed by atoms with van der Waals surface area (Å²) in [5.41, 5.74) is -0.504. The molecule has 20 heavy (non-hydrogen) atoms. The predicted molar refractivity (Wildman–Crippen MR) is 73.4 cm³/mol. The lowest BCUT2D eigenvalue weighted by Gasteiger charge is -2.33. The quantitative estimate of drug-likeness (QED) is 0.740. The summed E-state index contributed by atoms with van der Waals surface area (Å²) in [7, 11) is 0. The first-order valence-corrected chi connectivity index (χ1v) is 7.07. The van der Waals surface area contributed by atoms with Gasteiger partial charge >= 0.3 is 12.1 Å². The molecule has 0 N–H and O–H groups in total. The Balaban J connectivity index is 2.38. The van der Waals surface area contributed by atoms with Crippen LogP contribution in [0.3, 0.4) is 0 Å². The number of likely N-dealkylation sites (tertiary alicyclic amines) is 1. The number of ether oxygens (including phenoxy) is 3. The Morgan fingerprint density at radius 1 is 1.30 bits per heavy atom. The minimum atomic E-state index is -0.504. The van der Waals surface area contributed by atoms with E-state index < -0.39 is 5.60 Å². The number of carbonyl (C=O) groups is 2. The van der Waals surface area contributed by atoms with E-state index >= 15 is 0 Å². The highest BCUT2D eigenvalue weighted by Gasteiger charge is 2.28. The molecule has 1 saturated heterocycles. The average Bonchev–Trinajstić information content (AvgIpc) is 2.35. The SMILES string of the molecule is CCOC(=O)CO[C@H]1CCCN(C(=O)OC(C)(C)C)C1. The van der Waals surface area contributed by atoms with Crippen molar-refractivity contribution in [3.05, 3.63) is 0 Å². The Bertz CT molecular complexity index is 337. The Morgan fingerprint density at radius 3 is 2.60 bits per heavy atom. The number of carbonyl (C=O) groups excluding carboxylic acids is 2. The highest BCUT2D eigenvalue weighted by Crippen LogP contribution is 2.17.